The van der Waals surface area contributed by atoms with Gasteiger partial charge >= 0.3 is 0 Å². The molecule has 0 aliphatic carbocycles. The van der Waals surface area contributed by atoms with Crippen LogP contribution in [0.2, 0.25) is 10.2 Å². The summed E-state index contributed by atoms with van der Waals surface area (Å²) in [6.45, 7) is -0.777. The molecule has 218 valence electrons. The van der Waals surface area contributed by atoms with Gasteiger partial charge in [-0.25, -0.2) is 9.07 Å². The van der Waals surface area contributed by atoms with E-state index in [1.807, 2.05) is 6.20 Å². The summed E-state index contributed by atoms with van der Waals surface area (Å²) in [5, 5.41) is 16.2. The van der Waals surface area contributed by atoms with E-state index in [0.29, 0.717) is 27.6 Å². The minimum Gasteiger partial charge on any atom is -0.324 e. The number of halogens is 3. The highest BCUT2D eigenvalue weighted by atomic mass is 35.5. The molecule has 11 nitrogen and oxygen atoms in total. The zero-order valence-corrected chi connectivity index (χ0v) is 24.1. The molecule has 0 spiro atoms. The maximum atomic E-state index is 14.1. The van der Waals surface area contributed by atoms with Crippen molar-refractivity contribution in [1.29, 1.82) is 0 Å². The van der Waals surface area contributed by atoms with Crippen LogP contribution in [0.5, 0.6) is 0 Å². The lowest BCUT2D eigenvalue weighted by molar-refractivity contribution is -0.143. The Morgan fingerprint density at radius 3 is 2.60 bits per heavy atom. The van der Waals surface area contributed by atoms with E-state index in [9.17, 15) is 18.8 Å². The Morgan fingerprint density at radius 2 is 1.84 bits per heavy atom. The molecule has 3 aromatic carbocycles. The summed E-state index contributed by atoms with van der Waals surface area (Å²) in [6.07, 6.45) is 3.25. The first-order valence-electron chi connectivity index (χ1n) is 13.1. The number of rotatable bonds is 7. The molecule has 6 rings (SSSR count). The van der Waals surface area contributed by atoms with E-state index in [0.717, 1.165) is 10.9 Å². The van der Waals surface area contributed by atoms with Gasteiger partial charge in [-0.1, -0.05) is 40.5 Å². The third kappa shape index (κ3) is 5.92. The van der Waals surface area contributed by atoms with E-state index in [1.54, 1.807) is 54.2 Å². The SMILES string of the molecule is Cn1cc2cc(NC(=O)C(Cc3cccc(F)c3)N3CC(=O)N(c4cc(Cl)ccc4-n4cc(Cl)nn4)CC3=O)ccc2n1. The number of nitrogens with one attached hydrogen (secondary N) is 1. The number of amides is 3. The molecule has 1 aliphatic rings. The number of benzene rings is 3. The van der Waals surface area contributed by atoms with E-state index >= 15 is 0 Å². The second-order valence-electron chi connectivity index (χ2n) is 10.0. The number of carbonyl (C=O) groups excluding carboxylic acids is 3. The minimum absolute atomic E-state index is 0.0162. The quantitative estimate of drug-likeness (QED) is 0.294. The number of aryl methyl sites for hydroxylation is 1. The number of anilines is 2. The third-order valence-corrected chi connectivity index (χ3v) is 7.45. The molecule has 3 amide bonds. The Kier molecular flexibility index (Phi) is 7.55. The highest BCUT2D eigenvalue weighted by molar-refractivity contribution is 6.31. The number of hydrogen-bond donors (Lipinski definition) is 1. The van der Waals surface area contributed by atoms with Crippen molar-refractivity contribution >= 4 is 63.2 Å². The minimum atomic E-state index is -1.11. The highest BCUT2D eigenvalue weighted by Gasteiger charge is 2.39. The molecule has 14 heteroatoms. The fourth-order valence-electron chi connectivity index (χ4n) is 5.09. The van der Waals surface area contributed by atoms with Crippen LogP contribution < -0.4 is 10.2 Å². The van der Waals surface area contributed by atoms with Crippen LogP contribution in [-0.4, -0.2) is 66.5 Å². The van der Waals surface area contributed by atoms with Gasteiger partial charge in [0.2, 0.25) is 17.7 Å². The maximum absolute atomic E-state index is 14.1. The lowest BCUT2D eigenvalue weighted by Crippen LogP contribution is -2.60. The average Bonchev–Trinajstić information content (AvgIpc) is 3.56. The van der Waals surface area contributed by atoms with Gasteiger partial charge < -0.3 is 10.2 Å². The molecule has 5 aromatic rings. The van der Waals surface area contributed by atoms with Crippen molar-refractivity contribution in [2.45, 2.75) is 12.5 Å². The summed E-state index contributed by atoms with van der Waals surface area (Å²) in [7, 11) is 1.79. The predicted octanol–water partition coefficient (Wildman–Crippen LogP) is 4.03. The smallest absolute Gasteiger partial charge is 0.247 e. The fourth-order valence-corrected chi connectivity index (χ4v) is 5.38. The molecule has 1 atom stereocenters. The predicted molar refractivity (Wildman–Crippen MR) is 159 cm³/mol. The van der Waals surface area contributed by atoms with Gasteiger partial charge in [0.25, 0.3) is 0 Å². The fraction of sp³-hybridized carbons (Fsp3) is 0.172. The summed E-state index contributed by atoms with van der Waals surface area (Å²) in [4.78, 5) is 43.5. The van der Waals surface area contributed by atoms with Crippen molar-refractivity contribution in [3.8, 4) is 5.69 Å². The average molecular weight is 621 g/mol. The first-order chi connectivity index (χ1) is 20.6. The third-order valence-electron chi connectivity index (χ3n) is 7.04. The van der Waals surface area contributed by atoms with Gasteiger partial charge in [0.15, 0.2) is 5.15 Å². The lowest BCUT2D eigenvalue weighted by Gasteiger charge is -2.38. The summed E-state index contributed by atoms with van der Waals surface area (Å²) in [5.74, 6) is -1.94. The van der Waals surface area contributed by atoms with Crippen molar-refractivity contribution in [3.05, 3.63) is 94.6 Å². The molecule has 0 saturated carbocycles. The molecular weight excluding hydrogens is 598 g/mol. The molecule has 3 heterocycles. The standard InChI is InChI=1S/C29H23Cl2FN8O3/c1-37-13-18-11-21(6-7-22(18)35-37)33-29(43)25(10-17-3-2-4-20(32)9-17)39-16-27(41)38(15-28(39)42)24-12-19(30)5-8-23(24)40-14-26(31)34-36-40/h2-9,11-14,25H,10,15-16H2,1H3,(H,33,43). The first-order valence-corrected chi connectivity index (χ1v) is 13.9. The molecule has 2 aromatic heterocycles. The highest BCUT2D eigenvalue weighted by Crippen LogP contribution is 2.30. The van der Waals surface area contributed by atoms with Gasteiger partial charge in [-0.2, -0.15) is 5.10 Å². The van der Waals surface area contributed by atoms with Gasteiger partial charge in [0.1, 0.15) is 24.9 Å². The molecule has 1 aliphatic heterocycles. The van der Waals surface area contributed by atoms with E-state index in [2.05, 4.69) is 20.7 Å². The zero-order chi connectivity index (χ0) is 30.2. The van der Waals surface area contributed by atoms with Crippen LogP contribution in [0.15, 0.2) is 73.1 Å². The van der Waals surface area contributed by atoms with Crippen molar-refractivity contribution < 1.29 is 18.8 Å². The summed E-state index contributed by atoms with van der Waals surface area (Å²) in [5.41, 5.74) is 2.48. The monoisotopic (exact) mass is 620 g/mol. The topological polar surface area (TPSA) is 118 Å². The van der Waals surface area contributed by atoms with E-state index < -0.39 is 36.1 Å². The Morgan fingerprint density at radius 1 is 1.00 bits per heavy atom. The largest absolute Gasteiger partial charge is 0.324 e. The molecule has 1 N–H and O–H groups in total. The van der Waals surface area contributed by atoms with Crippen LogP contribution in [0, 0.1) is 5.82 Å². The van der Waals surface area contributed by atoms with Crippen LogP contribution >= 0.6 is 23.2 Å². The van der Waals surface area contributed by atoms with Crippen molar-refractivity contribution in [2.75, 3.05) is 23.3 Å². The van der Waals surface area contributed by atoms with Crippen LogP contribution in [0.1, 0.15) is 5.56 Å². The molecule has 43 heavy (non-hydrogen) atoms. The van der Waals surface area contributed by atoms with Crippen LogP contribution in [0.3, 0.4) is 0 Å². The Labute approximate surface area is 254 Å². The second kappa shape index (κ2) is 11.5. The van der Waals surface area contributed by atoms with Gasteiger partial charge in [-0.3, -0.25) is 24.0 Å². The number of nitrogens with zero attached hydrogens (tertiary/aromatic N) is 7. The van der Waals surface area contributed by atoms with Crippen LogP contribution in [0.4, 0.5) is 15.8 Å². The van der Waals surface area contributed by atoms with Crippen molar-refractivity contribution in [1.82, 2.24) is 29.7 Å². The van der Waals surface area contributed by atoms with Gasteiger partial charge in [-0.15, -0.1) is 5.10 Å². The Hall–Kier alpha value is -4.81. The first kappa shape index (κ1) is 28.3. The molecule has 0 radical (unpaired) electrons. The molecule has 1 unspecified atom stereocenters. The number of piperazine rings is 1. The van der Waals surface area contributed by atoms with Crippen LogP contribution in [0.25, 0.3) is 16.6 Å². The molecular formula is C29H23Cl2FN8O3. The van der Waals surface area contributed by atoms with Crippen molar-refractivity contribution in [3.63, 3.8) is 0 Å². The number of aromatic nitrogens is 5. The second-order valence-corrected chi connectivity index (χ2v) is 10.9. The maximum Gasteiger partial charge on any atom is 0.247 e. The van der Waals surface area contributed by atoms with E-state index in [4.69, 9.17) is 23.2 Å². The number of fused-ring (bicyclic) bond motifs is 1. The number of hydrogen-bond acceptors (Lipinski definition) is 6. The van der Waals surface area contributed by atoms with Crippen molar-refractivity contribution in [2.24, 2.45) is 7.05 Å². The normalized spacial score (nSPS) is 14.4. The van der Waals surface area contributed by atoms with E-state index in [1.165, 1.54) is 38.9 Å². The van der Waals surface area contributed by atoms with Crippen LogP contribution in [-0.2, 0) is 27.9 Å². The molecule has 1 fully saturated rings. The summed E-state index contributed by atoms with van der Waals surface area (Å²) in [6, 6.07) is 14.7. The molecule has 0 bridgehead atoms. The zero-order valence-electron chi connectivity index (χ0n) is 22.6. The van der Waals surface area contributed by atoms with E-state index in [-0.39, 0.29) is 18.1 Å². The van der Waals surface area contributed by atoms with Gasteiger partial charge in [-0.05, 0) is 54.1 Å². The summed E-state index contributed by atoms with van der Waals surface area (Å²) < 4.78 is 17.1. The molecule has 1 saturated heterocycles. The van der Waals surface area contributed by atoms with Gasteiger partial charge in [0.05, 0.1) is 23.1 Å². The number of carbonyl (C=O) groups is 3. The summed E-state index contributed by atoms with van der Waals surface area (Å²) >= 11 is 12.2. The van der Waals surface area contributed by atoms with Gasteiger partial charge in [0, 0.05) is 35.8 Å². The lowest BCUT2D eigenvalue weighted by atomic mass is 10.0. The Balaban J connectivity index is 1.30. The Bertz CT molecular complexity index is 1890.